The lowest BCUT2D eigenvalue weighted by Crippen LogP contribution is -2.26. The molecule has 3 N–H and O–H groups in total. The molecule has 4 heteroatoms. The van der Waals surface area contributed by atoms with E-state index in [1.54, 1.807) is 13.1 Å². The number of rotatable bonds is 3. The number of hydrogen-bond donors (Lipinski definition) is 2. The molecule has 0 aliphatic rings. The number of pyridine rings is 1. The summed E-state index contributed by atoms with van der Waals surface area (Å²) in [6.07, 6.45) is 1.64. The van der Waals surface area contributed by atoms with E-state index in [1.165, 1.54) is 0 Å². The first kappa shape index (κ1) is 10.7. The van der Waals surface area contributed by atoms with Crippen LogP contribution in [0.3, 0.4) is 0 Å². The van der Waals surface area contributed by atoms with Crippen molar-refractivity contribution in [1.29, 1.82) is 0 Å². The van der Waals surface area contributed by atoms with Crippen molar-refractivity contribution in [2.45, 2.75) is 13.8 Å². The zero-order valence-electron chi connectivity index (χ0n) is 8.45. The highest BCUT2D eigenvalue weighted by Gasteiger charge is 2.10. The highest BCUT2D eigenvalue weighted by Crippen LogP contribution is 2.07. The number of carbonyl (C=O) groups is 1. The second-order valence-electron chi connectivity index (χ2n) is 3.31. The molecule has 1 amide bonds. The molecule has 0 bridgehead atoms. The van der Waals surface area contributed by atoms with Gasteiger partial charge in [-0.15, -0.1) is 0 Å². The molecule has 0 saturated carbocycles. The van der Waals surface area contributed by atoms with Gasteiger partial charge in [0.25, 0.3) is 0 Å². The molecule has 1 unspecified atom stereocenters. The Hall–Kier alpha value is -1.42. The van der Waals surface area contributed by atoms with Gasteiger partial charge in [-0.25, -0.2) is 0 Å². The van der Waals surface area contributed by atoms with Crippen LogP contribution in [0.2, 0.25) is 0 Å². The van der Waals surface area contributed by atoms with Gasteiger partial charge in [0.05, 0.1) is 11.9 Å². The summed E-state index contributed by atoms with van der Waals surface area (Å²) in [5, 5.41) is 2.74. The molecule has 0 fully saturated rings. The van der Waals surface area contributed by atoms with E-state index in [9.17, 15) is 4.79 Å². The highest BCUT2D eigenvalue weighted by molar-refractivity contribution is 5.92. The number of nitrogens with two attached hydrogens (primary N) is 1. The van der Waals surface area contributed by atoms with Gasteiger partial charge in [-0.1, -0.05) is 6.92 Å². The number of nitrogens with zero attached hydrogens (tertiary/aromatic N) is 1. The van der Waals surface area contributed by atoms with E-state index in [1.807, 2.05) is 19.1 Å². The van der Waals surface area contributed by atoms with Crippen LogP contribution in [0, 0.1) is 12.8 Å². The summed E-state index contributed by atoms with van der Waals surface area (Å²) >= 11 is 0. The van der Waals surface area contributed by atoms with Crippen molar-refractivity contribution in [3.05, 3.63) is 24.0 Å². The minimum absolute atomic E-state index is 0.0712. The summed E-state index contributed by atoms with van der Waals surface area (Å²) in [6.45, 7) is 4.04. The predicted molar refractivity (Wildman–Crippen MR) is 55.8 cm³/mol. The van der Waals surface area contributed by atoms with Crippen molar-refractivity contribution in [2.24, 2.45) is 11.7 Å². The molecule has 0 aromatic carbocycles. The third kappa shape index (κ3) is 2.81. The van der Waals surface area contributed by atoms with Crippen LogP contribution >= 0.6 is 0 Å². The van der Waals surface area contributed by atoms with E-state index < -0.39 is 0 Å². The molecule has 1 rings (SSSR count). The Kier molecular flexibility index (Phi) is 3.59. The molecule has 0 aliphatic heterocycles. The Labute approximate surface area is 83.5 Å². The lowest BCUT2D eigenvalue weighted by molar-refractivity contribution is -0.119. The molecule has 1 aromatic rings. The van der Waals surface area contributed by atoms with Gasteiger partial charge in [-0.05, 0) is 19.1 Å². The SMILES string of the molecule is Cc1ccc(NC(=O)C(C)CN)cn1. The molecule has 0 aliphatic carbocycles. The molecule has 0 saturated heterocycles. The fraction of sp³-hybridized carbons (Fsp3) is 0.400. The number of nitrogens with one attached hydrogen (secondary N) is 1. The maximum Gasteiger partial charge on any atom is 0.228 e. The molecule has 1 heterocycles. The standard InChI is InChI=1S/C10H15N3O/c1-7(5-11)10(14)13-9-4-3-8(2)12-6-9/h3-4,6-7H,5,11H2,1-2H3,(H,13,14). The average Bonchev–Trinajstić information content (AvgIpc) is 2.20. The van der Waals surface area contributed by atoms with E-state index in [2.05, 4.69) is 10.3 Å². The van der Waals surface area contributed by atoms with E-state index in [0.29, 0.717) is 12.2 Å². The van der Waals surface area contributed by atoms with Crippen molar-refractivity contribution in [2.75, 3.05) is 11.9 Å². The normalized spacial score (nSPS) is 12.2. The third-order valence-electron chi connectivity index (χ3n) is 1.98. The predicted octanol–water partition coefficient (Wildman–Crippen LogP) is 0.923. The van der Waals surface area contributed by atoms with Crippen LogP contribution in [0.25, 0.3) is 0 Å². The van der Waals surface area contributed by atoms with Crippen molar-refractivity contribution in [3.8, 4) is 0 Å². The molecular formula is C10H15N3O. The van der Waals surface area contributed by atoms with E-state index in [-0.39, 0.29) is 11.8 Å². The van der Waals surface area contributed by atoms with Crippen molar-refractivity contribution < 1.29 is 4.79 Å². The molecule has 0 radical (unpaired) electrons. The molecule has 14 heavy (non-hydrogen) atoms. The van der Waals surface area contributed by atoms with Gasteiger partial charge in [-0.2, -0.15) is 0 Å². The largest absolute Gasteiger partial charge is 0.330 e. The van der Waals surface area contributed by atoms with E-state index in [0.717, 1.165) is 5.69 Å². The number of carbonyl (C=O) groups excluding carboxylic acids is 1. The summed E-state index contributed by atoms with van der Waals surface area (Å²) in [5.41, 5.74) is 7.01. The zero-order valence-corrected chi connectivity index (χ0v) is 8.45. The van der Waals surface area contributed by atoms with Crippen molar-refractivity contribution in [1.82, 2.24) is 4.98 Å². The Bertz CT molecular complexity index is 308. The van der Waals surface area contributed by atoms with Crippen LogP contribution in [0.5, 0.6) is 0 Å². The van der Waals surface area contributed by atoms with Gasteiger partial charge in [-0.3, -0.25) is 9.78 Å². The zero-order chi connectivity index (χ0) is 10.6. The van der Waals surface area contributed by atoms with Gasteiger partial charge in [0.2, 0.25) is 5.91 Å². The quantitative estimate of drug-likeness (QED) is 0.750. The topological polar surface area (TPSA) is 68.0 Å². The lowest BCUT2D eigenvalue weighted by Gasteiger charge is -2.09. The summed E-state index contributed by atoms with van der Waals surface area (Å²) in [7, 11) is 0. The first-order chi connectivity index (χ1) is 6.63. The van der Waals surface area contributed by atoms with E-state index >= 15 is 0 Å². The molecule has 1 atom stereocenters. The Balaban J connectivity index is 2.60. The van der Waals surface area contributed by atoms with Crippen LogP contribution in [0.4, 0.5) is 5.69 Å². The lowest BCUT2D eigenvalue weighted by atomic mass is 10.1. The summed E-state index contributed by atoms with van der Waals surface area (Å²) < 4.78 is 0. The van der Waals surface area contributed by atoms with Gasteiger partial charge in [0.1, 0.15) is 0 Å². The first-order valence-corrected chi connectivity index (χ1v) is 4.57. The molecule has 0 spiro atoms. The van der Waals surface area contributed by atoms with Crippen LogP contribution in [0.15, 0.2) is 18.3 Å². The number of aryl methyl sites for hydroxylation is 1. The molecule has 1 aromatic heterocycles. The first-order valence-electron chi connectivity index (χ1n) is 4.57. The second kappa shape index (κ2) is 4.72. The summed E-state index contributed by atoms with van der Waals surface area (Å²) in [4.78, 5) is 15.5. The molecule has 76 valence electrons. The number of aromatic nitrogens is 1. The van der Waals surface area contributed by atoms with Crippen molar-refractivity contribution in [3.63, 3.8) is 0 Å². The number of amides is 1. The molecule has 4 nitrogen and oxygen atoms in total. The monoisotopic (exact) mass is 193 g/mol. The number of anilines is 1. The Morgan fingerprint density at radius 2 is 2.36 bits per heavy atom. The minimum atomic E-state index is -0.170. The van der Waals surface area contributed by atoms with E-state index in [4.69, 9.17) is 5.73 Å². The molecular weight excluding hydrogens is 178 g/mol. The Morgan fingerprint density at radius 3 is 2.86 bits per heavy atom. The maximum absolute atomic E-state index is 11.4. The fourth-order valence-corrected chi connectivity index (χ4v) is 0.914. The Morgan fingerprint density at radius 1 is 1.64 bits per heavy atom. The van der Waals surface area contributed by atoms with Crippen LogP contribution in [-0.4, -0.2) is 17.4 Å². The average molecular weight is 193 g/mol. The van der Waals surface area contributed by atoms with Gasteiger partial charge >= 0.3 is 0 Å². The smallest absolute Gasteiger partial charge is 0.228 e. The van der Waals surface area contributed by atoms with Gasteiger partial charge in [0, 0.05) is 18.2 Å². The number of hydrogen-bond acceptors (Lipinski definition) is 3. The summed E-state index contributed by atoms with van der Waals surface area (Å²) in [5.74, 6) is -0.241. The summed E-state index contributed by atoms with van der Waals surface area (Å²) in [6, 6.07) is 3.67. The highest BCUT2D eigenvalue weighted by atomic mass is 16.1. The third-order valence-corrected chi connectivity index (χ3v) is 1.98. The van der Waals surface area contributed by atoms with Crippen molar-refractivity contribution >= 4 is 11.6 Å². The van der Waals surface area contributed by atoms with Crippen LogP contribution < -0.4 is 11.1 Å². The van der Waals surface area contributed by atoms with Crippen LogP contribution in [-0.2, 0) is 4.79 Å². The maximum atomic E-state index is 11.4. The van der Waals surface area contributed by atoms with Crippen LogP contribution in [0.1, 0.15) is 12.6 Å². The van der Waals surface area contributed by atoms with Gasteiger partial charge in [0.15, 0.2) is 0 Å². The second-order valence-corrected chi connectivity index (χ2v) is 3.31. The fourth-order valence-electron chi connectivity index (χ4n) is 0.914. The minimum Gasteiger partial charge on any atom is -0.330 e. The van der Waals surface area contributed by atoms with Gasteiger partial charge < -0.3 is 11.1 Å².